The van der Waals surface area contributed by atoms with Gasteiger partial charge in [-0.05, 0) is 23.6 Å². The van der Waals surface area contributed by atoms with Crippen LogP contribution in [0.2, 0.25) is 0 Å². The van der Waals surface area contributed by atoms with Crippen LogP contribution in [-0.4, -0.2) is 24.7 Å². The van der Waals surface area contributed by atoms with Crippen molar-refractivity contribution in [2.75, 3.05) is 19.8 Å². The summed E-state index contributed by atoms with van der Waals surface area (Å²) in [4.78, 5) is 3.92. The van der Waals surface area contributed by atoms with Gasteiger partial charge in [0.1, 0.15) is 11.8 Å². The molecule has 0 aliphatic rings. The third-order valence-corrected chi connectivity index (χ3v) is 2.14. The molecule has 0 aliphatic carbocycles. The summed E-state index contributed by atoms with van der Waals surface area (Å²) in [6.45, 7) is 7.34. The molecule has 1 heterocycles. The summed E-state index contributed by atoms with van der Waals surface area (Å²) < 4.78 is 5.45. The van der Waals surface area contributed by atoms with Crippen molar-refractivity contribution >= 4 is 0 Å². The van der Waals surface area contributed by atoms with Crippen molar-refractivity contribution in [3.05, 3.63) is 29.6 Å². The van der Waals surface area contributed by atoms with Crippen LogP contribution in [0.5, 0.6) is 0 Å². The maximum Gasteiger partial charge on any atom is 0.140 e. The summed E-state index contributed by atoms with van der Waals surface area (Å²) in [6.07, 6.45) is 1.66. The second kappa shape index (κ2) is 7.77. The van der Waals surface area contributed by atoms with E-state index in [0.717, 1.165) is 25.3 Å². The molecule has 0 spiro atoms. The average molecular weight is 233 g/mol. The number of hydrogen-bond donors (Lipinski definition) is 1. The summed E-state index contributed by atoms with van der Waals surface area (Å²) in [5.74, 6) is 0.577. The van der Waals surface area contributed by atoms with Crippen LogP contribution in [0.4, 0.5) is 0 Å². The molecule has 1 aromatic heterocycles. The number of aromatic nitrogens is 1. The van der Waals surface area contributed by atoms with Gasteiger partial charge < -0.3 is 10.1 Å². The molecule has 0 bridgehead atoms. The number of pyridine rings is 1. The minimum Gasteiger partial charge on any atom is -0.380 e. The zero-order chi connectivity index (χ0) is 12.5. The molecule has 0 atom stereocenters. The van der Waals surface area contributed by atoms with E-state index in [1.165, 1.54) is 0 Å². The zero-order valence-corrected chi connectivity index (χ0v) is 10.4. The number of nitriles is 1. The highest BCUT2D eigenvalue weighted by molar-refractivity contribution is 5.25. The Morgan fingerprint density at radius 1 is 1.53 bits per heavy atom. The number of ether oxygens (including phenoxy) is 1. The van der Waals surface area contributed by atoms with Crippen LogP contribution in [0.15, 0.2) is 18.3 Å². The number of hydrogen-bond acceptors (Lipinski definition) is 4. The van der Waals surface area contributed by atoms with Crippen LogP contribution in [0, 0.1) is 17.2 Å². The lowest BCUT2D eigenvalue weighted by molar-refractivity contribution is 0.111. The molecule has 92 valence electrons. The lowest BCUT2D eigenvalue weighted by atomic mass is 10.2. The van der Waals surface area contributed by atoms with Gasteiger partial charge in [0.25, 0.3) is 0 Å². The highest BCUT2D eigenvalue weighted by Crippen LogP contribution is 2.00. The summed E-state index contributed by atoms with van der Waals surface area (Å²) >= 11 is 0. The first-order valence-corrected chi connectivity index (χ1v) is 5.86. The minimum absolute atomic E-state index is 0.459. The van der Waals surface area contributed by atoms with Crippen LogP contribution in [-0.2, 0) is 11.3 Å². The Morgan fingerprint density at radius 3 is 3.06 bits per heavy atom. The number of rotatable bonds is 7. The van der Waals surface area contributed by atoms with Gasteiger partial charge in [0.05, 0.1) is 6.61 Å². The first-order valence-electron chi connectivity index (χ1n) is 5.86. The fourth-order valence-corrected chi connectivity index (χ4v) is 1.34. The molecule has 0 saturated heterocycles. The van der Waals surface area contributed by atoms with Crippen molar-refractivity contribution < 1.29 is 4.74 Å². The highest BCUT2D eigenvalue weighted by atomic mass is 16.5. The van der Waals surface area contributed by atoms with Crippen molar-refractivity contribution in [2.24, 2.45) is 5.92 Å². The Labute approximate surface area is 103 Å². The van der Waals surface area contributed by atoms with Gasteiger partial charge in [-0.25, -0.2) is 4.98 Å². The molecule has 0 fully saturated rings. The molecule has 1 aromatic rings. The maximum absolute atomic E-state index is 8.70. The summed E-state index contributed by atoms with van der Waals surface area (Å²) in [5, 5.41) is 12.0. The van der Waals surface area contributed by atoms with E-state index in [1.807, 2.05) is 12.1 Å². The standard InChI is InChI=1S/C13H19N3O/c1-11(2)10-17-6-5-15-9-12-3-4-16-13(7-12)8-14/h3-4,7,11,15H,5-6,9-10H2,1-2H3. The minimum atomic E-state index is 0.459. The van der Waals surface area contributed by atoms with Crippen molar-refractivity contribution in [3.8, 4) is 6.07 Å². The molecule has 0 aliphatic heterocycles. The first-order chi connectivity index (χ1) is 8.22. The van der Waals surface area contributed by atoms with Crippen molar-refractivity contribution in [3.63, 3.8) is 0 Å². The summed E-state index contributed by atoms with van der Waals surface area (Å²) in [6, 6.07) is 5.73. The average Bonchev–Trinajstić information content (AvgIpc) is 2.33. The quantitative estimate of drug-likeness (QED) is 0.728. The molecule has 0 radical (unpaired) electrons. The van der Waals surface area contributed by atoms with Gasteiger partial charge in [0, 0.05) is 25.9 Å². The van der Waals surface area contributed by atoms with E-state index in [-0.39, 0.29) is 0 Å². The van der Waals surface area contributed by atoms with Gasteiger partial charge in [-0.3, -0.25) is 0 Å². The van der Waals surface area contributed by atoms with Crippen LogP contribution < -0.4 is 5.32 Å². The second-order valence-electron chi connectivity index (χ2n) is 4.31. The lowest BCUT2D eigenvalue weighted by Gasteiger charge is -2.08. The molecule has 0 unspecified atom stereocenters. The molecule has 1 N–H and O–H groups in total. The Morgan fingerprint density at radius 2 is 2.35 bits per heavy atom. The van der Waals surface area contributed by atoms with E-state index in [1.54, 1.807) is 12.3 Å². The molecule has 0 saturated carbocycles. The summed E-state index contributed by atoms with van der Waals surface area (Å²) in [5.41, 5.74) is 1.53. The Bertz CT molecular complexity index is 371. The van der Waals surface area contributed by atoms with Crippen LogP contribution in [0.1, 0.15) is 25.1 Å². The largest absolute Gasteiger partial charge is 0.380 e. The van der Waals surface area contributed by atoms with Crippen LogP contribution >= 0.6 is 0 Å². The Kier molecular flexibility index (Phi) is 6.23. The first kappa shape index (κ1) is 13.6. The molecule has 0 aromatic carbocycles. The fourth-order valence-electron chi connectivity index (χ4n) is 1.34. The van der Waals surface area contributed by atoms with Crippen molar-refractivity contribution in [2.45, 2.75) is 20.4 Å². The summed E-state index contributed by atoms with van der Waals surface area (Å²) in [7, 11) is 0. The van der Waals surface area contributed by atoms with E-state index in [2.05, 4.69) is 24.1 Å². The van der Waals surface area contributed by atoms with E-state index < -0.39 is 0 Å². The lowest BCUT2D eigenvalue weighted by Crippen LogP contribution is -2.20. The normalized spacial score (nSPS) is 10.5. The van der Waals surface area contributed by atoms with Gasteiger partial charge in [0.2, 0.25) is 0 Å². The molecule has 0 amide bonds. The maximum atomic E-state index is 8.70. The van der Waals surface area contributed by atoms with Gasteiger partial charge in [-0.2, -0.15) is 5.26 Å². The Balaban J connectivity index is 2.16. The van der Waals surface area contributed by atoms with Crippen molar-refractivity contribution in [1.29, 1.82) is 5.26 Å². The fraction of sp³-hybridized carbons (Fsp3) is 0.538. The van der Waals surface area contributed by atoms with E-state index in [4.69, 9.17) is 10.00 Å². The van der Waals surface area contributed by atoms with Gasteiger partial charge >= 0.3 is 0 Å². The molecular weight excluding hydrogens is 214 g/mol. The number of nitrogens with one attached hydrogen (secondary N) is 1. The van der Waals surface area contributed by atoms with E-state index >= 15 is 0 Å². The molecule has 4 heteroatoms. The van der Waals surface area contributed by atoms with Gasteiger partial charge in [0.15, 0.2) is 0 Å². The SMILES string of the molecule is CC(C)COCCNCc1ccnc(C#N)c1. The van der Waals surface area contributed by atoms with Crippen LogP contribution in [0.25, 0.3) is 0 Å². The molecule has 1 rings (SSSR count). The zero-order valence-electron chi connectivity index (χ0n) is 10.4. The smallest absolute Gasteiger partial charge is 0.140 e. The van der Waals surface area contributed by atoms with Crippen LogP contribution in [0.3, 0.4) is 0 Å². The van der Waals surface area contributed by atoms with Gasteiger partial charge in [-0.1, -0.05) is 13.8 Å². The predicted octanol–water partition coefficient (Wildman–Crippen LogP) is 1.72. The van der Waals surface area contributed by atoms with E-state index in [0.29, 0.717) is 18.2 Å². The highest BCUT2D eigenvalue weighted by Gasteiger charge is 1.96. The van der Waals surface area contributed by atoms with Gasteiger partial charge in [-0.15, -0.1) is 0 Å². The predicted molar refractivity (Wildman–Crippen MR) is 66.3 cm³/mol. The second-order valence-corrected chi connectivity index (χ2v) is 4.31. The third kappa shape index (κ3) is 6.00. The number of nitrogens with zero attached hydrogens (tertiary/aromatic N) is 2. The van der Waals surface area contributed by atoms with Crippen molar-refractivity contribution in [1.82, 2.24) is 10.3 Å². The third-order valence-electron chi connectivity index (χ3n) is 2.14. The molecule has 4 nitrogen and oxygen atoms in total. The molecule has 17 heavy (non-hydrogen) atoms. The monoisotopic (exact) mass is 233 g/mol. The van der Waals surface area contributed by atoms with E-state index in [9.17, 15) is 0 Å². The molecular formula is C13H19N3O. The Hall–Kier alpha value is -1.44. The topological polar surface area (TPSA) is 57.9 Å².